The zero-order chi connectivity index (χ0) is 6.10. The molecule has 2 radical (unpaired) electrons. The van der Waals surface area contributed by atoms with Gasteiger partial charge in [0.15, 0.2) is 0 Å². The minimum atomic E-state index is 1.02. The van der Waals surface area contributed by atoms with Crippen molar-refractivity contribution >= 4 is 0 Å². The van der Waals surface area contributed by atoms with Crippen LogP contribution in [0.4, 0.5) is 0 Å². The number of H-pyrrole nitrogens is 1. The molecule has 0 unspecified atom stereocenters. The number of hydrogen-bond acceptors (Lipinski definition) is 1. The molecule has 0 atom stereocenters. The molecule has 0 bridgehead atoms. The van der Waals surface area contributed by atoms with Crippen molar-refractivity contribution in [1.82, 2.24) is 10.3 Å². The van der Waals surface area contributed by atoms with Gasteiger partial charge in [-0.3, -0.25) is 0 Å². The first-order valence-electron chi connectivity index (χ1n) is 3.12. The second-order valence-corrected chi connectivity index (χ2v) is 2.18. The first-order valence-corrected chi connectivity index (χ1v) is 3.12. The van der Waals surface area contributed by atoms with E-state index in [-0.39, 0.29) is 0 Å². The maximum atomic E-state index is 3.08. The Morgan fingerprint density at radius 1 is 1.56 bits per heavy atom. The van der Waals surface area contributed by atoms with E-state index < -0.39 is 0 Å². The lowest BCUT2D eigenvalue weighted by Gasteiger charge is -2.09. The maximum Gasteiger partial charge on any atom is 0.112 e. The Morgan fingerprint density at radius 3 is 3.44 bits per heavy atom. The van der Waals surface area contributed by atoms with Crippen molar-refractivity contribution in [3.63, 3.8) is 0 Å². The topological polar surface area (TPSA) is 27.8 Å². The van der Waals surface area contributed by atoms with E-state index in [0.717, 1.165) is 18.7 Å². The summed E-state index contributed by atoms with van der Waals surface area (Å²) in [4.78, 5) is 3.08. The first kappa shape index (κ1) is 5.06. The number of nitrogens with one attached hydrogen (secondary N) is 2. The molecule has 2 heterocycles. The third kappa shape index (κ3) is 0.754. The van der Waals surface area contributed by atoms with Gasteiger partial charge in [0, 0.05) is 18.4 Å². The number of hydrogen-bond donors (Lipinski definition) is 2. The van der Waals surface area contributed by atoms with Crippen LogP contribution in [0.3, 0.4) is 0 Å². The largest absolute Gasteiger partial charge is 0.363 e. The van der Waals surface area contributed by atoms with Crippen molar-refractivity contribution < 1.29 is 0 Å². The van der Waals surface area contributed by atoms with Crippen molar-refractivity contribution in [2.24, 2.45) is 0 Å². The van der Waals surface area contributed by atoms with Gasteiger partial charge in [-0.15, -0.1) is 0 Å². The lowest BCUT2D eigenvalue weighted by molar-refractivity contribution is 0.747. The highest BCUT2D eigenvalue weighted by molar-refractivity contribution is 5.28. The van der Waals surface area contributed by atoms with Gasteiger partial charge in [-0.05, 0) is 18.1 Å². The van der Waals surface area contributed by atoms with Gasteiger partial charge in [-0.1, -0.05) is 0 Å². The Labute approximate surface area is 54.3 Å². The smallest absolute Gasteiger partial charge is 0.112 e. The zero-order valence-corrected chi connectivity index (χ0v) is 5.07. The predicted molar refractivity (Wildman–Crippen MR) is 34.8 cm³/mol. The second-order valence-electron chi connectivity index (χ2n) is 2.18. The van der Waals surface area contributed by atoms with Crippen LogP contribution in [0, 0.1) is 6.54 Å². The van der Waals surface area contributed by atoms with Gasteiger partial charge < -0.3 is 10.3 Å². The van der Waals surface area contributed by atoms with Crippen molar-refractivity contribution in [2.45, 2.75) is 6.42 Å². The minimum Gasteiger partial charge on any atom is -0.363 e. The third-order valence-electron chi connectivity index (χ3n) is 1.57. The summed E-state index contributed by atoms with van der Waals surface area (Å²) < 4.78 is 0. The van der Waals surface area contributed by atoms with Crippen molar-refractivity contribution in [3.8, 4) is 0 Å². The van der Waals surface area contributed by atoms with Gasteiger partial charge in [0.2, 0.25) is 0 Å². The van der Waals surface area contributed by atoms with Crippen molar-refractivity contribution in [2.75, 3.05) is 6.54 Å². The van der Waals surface area contributed by atoms with Gasteiger partial charge >= 0.3 is 0 Å². The van der Waals surface area contributed by atoms with Gasteiger partial charge in [-0.2, -0.15) is 0 Å². The number of fused-ring (bicyclic) bond motifs is 1. The van der Waals surface area contributed by atoms with Crippen LogP contribution < -0.4 is 5.32 Å². The van der Waals surface area contributed by atoms with Gasteiger partial charge in [0.1, 0.15) is 6.54 Å². The second kappa shape index (κ2) is 1.88. The Bertz CT molecular complexity index is 182. The molecule has 46 valence electrons. The molecular formula is C7H8N2. The standard InChI is InChI=1S/C7H8N2/c1-3-8-5-7-6(1)2-4-9-7/h2,4,8-9H,1,3H2. The number of aromatic nitrogens is 1. The fraction of sp³-hybridized carbons (Fsp3) is 0.286. The maximum absolute atomic E-state index is 3.08. The molecule has 9 heavy (non-hydrogen) atoms. The normalized spacial score (nSPS) is 17.3. The van der Waals surface area contributed by atoms with Gasteiger partial charge in [-0.25, -0.2) is 0 Å². The molecule has 2 rings (SSSR count). The van der Waals surface area contributed by atoms with E-state index in [2.05, 4.69) is 22.9 Å². The summed E-state index contributed by atoms with van der Waals surface area (Å²) in [5, 5.41) is 3.05. The molecule has 0 fully saturated rings. The van der Waals surface area contributed by atoms with Crippen molar-refractivity contribution in [1.29, 1.82) is 0 Å². The molecule has 1 aliphatic heterocycles. The van der Waals surface area contributed by atoms with Gasteiger partial charge in [0.25, 0.3) is 0 Å². The summed E-state index contributed by atoms with van der Waals surface area (Å²) in [6.07, 6.45) is 3.07. The number of aromatic amines is 1. The summed E-state index contributed by atoms with van der Waals surface area (Å²) in [6.45, 7) is 4.06. The average Bonchev–Trinajstić information content (AvgIpc) is 2.33. The summed E-state index contributed by atoms with van der Waals surface area (Å²) in [5.41, 5.74) is 2.48. The Balaban J connectivity index is 2.39. The highest BCUT2D eigenvalue weighted by atomic mass is 14.9. The summed E-state index contributed by atoms with van der Waals surface area (Å²) in [6, 6.07) is 2.10. The summed E-state index contributed by atoms with van der Waals surface area (Å²) >= 11 is 0. The van der Waals surface area contributed by atoms with Crippen LogP contribution in [0.15, 0.2) is 12.3 Å². The predicted octanol–water partition coefficient (Wildman–Crippen LogP) is 0.547. The van der Waals surface area contributed by atoms with E-state index in [4.69, 9.17) is 0 Å². The zero-order valence-electron chi connectivity index (χ0n) is 5.07. The molecule has 1 aliphatic rings. The Kier molecular flexibility index (Phi) is 1.06. The Morgan fingerprint density at radius 2 is 2.56 bits per heavy atom. The molecule has 0 amide bonds. The van der Waals surface area contributed by atoms with Crippen LogP contribution in [0.1, 0.15) is 11.3 Å². The fourth-order valence-corrected chi connectivity index (χ4v) is 1.07. The van der Waals surface area contributed by atoms with E-state index in [0.29, 0.717) is 0 Å². The lowest BCUT2D eigenvalue weighted by Crippen LogP contribution is -2.20. The molecule has 2 N–H and O–H groups in total. The van der Waals surface area contributed by atoms with Crippen LogP contribution in [0.5, 0.6) is 0 Å². The molecule has 2 nitrogen and oxygen atoms in total. The quantitative estimate of drug-likeness (QED) is 0.514. The fourth-order valence-electron chi connectivity index (χ4n) is 1.07. The lowest BCUT2D eigenvalue weighted by atomic mass is 10.1. The first-order chi connectivity index (χ1) is 4.47. The van der Waals surface area contributed by atoms with E-state index in [9.17, 15) is 0 Å². The third-order valence-corrected chi connectivity index (χ3v) is 1.57. The molecule has 0 spiro atoms. The summed E-state index contributed by atoms with van der Waals surface area (Å²) in [7, 11) is 0. The monoisotopic (exact) mass is 120 g/mol. The van der Waals surface area contributed by atoms with Crippen LogP contribution in [-0.4, -0.2) is 11.5 Å². The van der Waals surface area contributed by atoms with E-state index in [1.165, 1.54) is 5.56 Å². The van der Waals surface area contributed by atoms with Crippen LogP contribution in [0.25, 0.3) is 0 Å². The van der Waals surface area contributed by atoms with Crippen LogP contribution in [0.2, 0.25) is 0 Å². The molecule has 1 aromatic rings. The van der Waals surface area contributed by atoms with E-state index >= 15 is 0 Å². The highest BCUT2D eigenvalue weighted by Gasteiger charge is 2.08. The molecule has 2 heteroatoms. The molecular weight excluding hydrogens is 112 g/mol. The number of rotatable bonds is 0. The molecule has 0 aliphatic carbocycles. The highest BCUT2D eigenvalue weighted by Crippen LogP contribution is 2.11. The Hall–Kier alpha value is -0.760. The molecule has 0 saturated heterocycles. The molecule has 0 saturated carbocycles. The molecule has 0 aromatic carbocycles. The minimum absolute atomic E-state index is 1.02. The van der Waals surface area contributed by atoms with Crippen LogP contribution in [-0.2, 0) is 6.42 Å². The SMILES string of the molecule is [C]1NCCc2cc[nH]c21. The van der Waals surface area contributed by atoms with Crippen LogP contribution >= 0.6 is 0 Å². The van der Waals surface area contributed by atoms with E-state index in [1.54, 1.807) is 0 Å². The average molecular weight is 120 g/mol. The van der Waals surface area contributed by atoms with Gasteiger partial charge in [0.05, 0.1) is 0 Å². The molecule has 1 aromatic heterocycles. The summed E-state index contributed by atoms with van der Waals surface area (Å²) in [5.74, 6) is 0. The van der Waals surface area contributed by atoms with E-state index in [1.807, 2.05) is 6.20 Å². The van der Waals surface area contributed by atoms with Crippen molar-refractivity contribution in [3.05, 3.63) is 30.1 Å².